The lowest BCUT2D eigenvalue weighted by Gasteiger charge is -2.32. The topological polar surface area (TPSA) is 41.1 Å². The van der Waals surface area contributed by atoms with Crippen molar-refractivity contribution in [3.05, 3.63) is 60.7 Å². The van der Waals surface area contributed by atoms with Crippen LogP contribution in [-0.4, -0.2) is 34.1 Å². The summed E-state index contributed by atoms with van der Waals surface area (Å²) in [7, 11) is 0. The second kappa shape index (κ2) is 6.42. The highest BCUT2D eigenvalue weighted by molar-refractivity contribution is 5.82. The third-order valence-corrected chi connectivity index (χ3v) is 4.45. The number of nitrogens with one attached hydrogen (secondary N) is 1. The lowest BCUT2D eigenvalue weighted by molar-refractivity contribution is 0.0844. The van der Waals surface area contributed by atoms with Crippen LogP contribution in [0.3, 0.4) is 0 Å². The number of benzene rings is 1. The summed E-state index contributed by atoms with van der Waals surface area (Å²) in [4.78, 5) is 9.75. The second-order valence-electron chi connectivity index (χ2n) is 6.22. The Hall–Kier alpha value is -2.33. The Balaban J connectivity index is 1.42. The maximum absolute atomic E-state index is 6.24. The van der Waals surface area contributed by atoms with Gasteiger partial charge in [-0.25, -0.2) is 0 Å². The van der Waals surface area contributed by atoms with Crippen LogP contribution in [0.25, 0.3) is 10.8 Å². The van der Waals surface area contributed by atoms with E-state index in [0.29, 0.717) is 0 Å². The molecule has 0 spiro atoms. The third-order valence-electron chi connectivity index (χ3n) is 4.45. The molecule has 23 heavy (non-hydrogen) atoms. The van der Waals surface area contributed by atoms with E-state index < -0.39 is 0 Å². The van der Waals surface area contributed by atoms with Gasteiger partial charge < -0.3 is 9.72 Å². The Morgan fingerprint density at radius 1 is 1.22 bits per heavy atom. The van der Waals surface area contributed by atoms with Crippen LogP contribution in [0.5, 0.6) is 5.75 Å². The molecule has 118 valence electrons. The van der Waals surface area contributed by atoms with Crippen molar-refractivity contribution >= 4 is 10.8 Å². The standard InChI is InChI=1S/C19H21N3O/c1-2-19(14-22(9-1)13-15-5-7-20-11-15)23-18-4-3-17-12-21-8-6-16(17)10-18/h3-8,10-12,19-20H,1-2,9,13-14H2/t19-/m0/s1. The third kappa shape index (κ3) is 3.37. The fourth-order valence-corrected chi connectivity index (χ4v) is 3.30. The van der Waals surface area contributed by atoms with Crippen LogP contribution in [-0.2, 0) is 6.54 Å². The van der Waals surface area contributed by atoms with Gasteiger partial charge in [0.05, 0.1) is 0 Å². The minimum atomic E-state index is 0.266. The number of pyridine rings is 1. The van der Waals surface area contributed by atoms with Gasteiger partial charge in [0.15, 0.2) is 0 Å². The minimum Gasteiger partial charge on any atom is -0.489 e. The van der Waals surface area contributed by atoms with Gasteiger partial charge in [0, 0.05) is 43.3 Å². The first-order valence-corrected chi connectivity index (χ1v) is 8.21. The van der Waals surface area contributed by atoms with Gasteiger partial charge in [-0.15, -0.1) is 0 Å². The molecule has 0 radical (unpaired) electrons. The number of likely N-dealkylation sites (tertiary alicyclic amines) is 1. The lowest BCUT2D eigenvalue weighted by Crippen LogP contribution is -2.40. The van der Waals surface area contributed by atoms with Crippen molar-refractivity contribution in [1.29, 1.82) is 0 Å². The molecule has 0 unspecified atom stereocenters. The molecule has 1 fully saturated rings. The zero-order valence-corrected chi connectivity index (χ0v) is 13.1. The molecule has 1 aliphatic rings. The SMILES string of the molecule is c1cc2cc(O[C@H]3CCCN(Cc4cc[nH]c4)C3)ccc2cn1. The summed E-state index contributed by atoms with van der Waals surface area (Å²) in [6.45, 7) is 3.13. The molecule has 4 nitrogen and oxygen atoms in total. The molecule has 3 heterocycles. The molecule has 2 aromatic heterocycles. The number of nitrogens with zero attached hydrogens (tertiary/aromatic N) is 2. The van der Waals surface area contributed by atoms with Crippen LogP contribution in [0.4, 0.5) is 0 Å². The molecule has 1 aliphatic heterocycles. The zero-order chi connectivity index (χ0) is 15.5. The Morgan fingerprint density at radius 2 is 2.22 bits per heavy atom. The van der Waals surface area contributed by atoms with E-state index in [1.165, 1.54) is 17.4 Å². The number of piperidine rings is 1. The van der Waals surface area contributed by atoms with Crippen molar-refractivity contribution in [1.82, 2.24) is 14.9 Å². The van der Waals surface area contributed by atoms with Crippen molar-refractivity contribution in [2.75, 3.05) is 13.1 Å². The average molecular weight is 307 g/mol. The van der Waals surface area contributed by atoms with Gasteiger partial charge in [-0.2, -0.15) is 0 Å². The summed E-state index contributed by atoms with van der Waals surface area (Å²) in [6.07, 6.45) is 10.3. The number of ether oxygens (including phenoxy) is 1. The largest absolute Gasteiger partial charge is 0.489 e. The quantitative estimate of drug-likeness (QED) is 0.800. The number of rotatable bonds is 4. The number of fused-ring (bicyclic) bond motifs is 1. The Labute approximate surface area is 136 Å². The smallest absolute Gasteiger partial charge is 0.120 e. The van der Waals surface area contributed by atoms with E-state index in [0.717, 1.165) is 37.2 Å². The second-order valence-corrected chi connectivity index (χ2v) is 6.22. The fraction of sp³-hybridized carbons (Fsp3) is 0.316. The Bertz CT molecular complexity index is 769. The molecule has 0 aliphatic carbocycles. The predicted octanol–water partition coefficient (Wildman–Crippen LogP) is 3.61. The van der Waals surface area contributed by atoms with Gasteiger partial charge in [-0.1, -0.05) is 0 Å². The number of aromatic nitrogens is 2. The first kappa shape index (κ1) is 14.3. The minimum absolute atomic E-state index is 0.266. The number of hydrogen-bond donors (Lipinski definition) is 1. The fourth-order valence-electron chi connectivity index (χ4n) is 3.30. The molecule has 1 atom stereocenters. The van der Waals surface area contributed by atoms with Crippen molar-refractivity contribution in [3.8, 4) is 5.75 Å². The Kier molecular flexibility index (Phi) is 3.99. The molecule has 1 aromatic carbocycles. The molecule has 1 saturated heterocycles. The van der Waals surface area contributed by atoms with Crippen LogP contribution in [0.2, 0.25) is 0 Å². The molecular formula is C19H21N3O. The summed E-state index contributed by atoms with van der Waals surface area (Å²) in [5.74, 6) is 0.956. The van der Waals surface area contributed by atoms with Crippen LogP contribution in [0.1, 0.15) is 18.4 Å². The van der Waals surface area contributed by atoms with Crippen molar-refractivity contribution in [3.63, 3.8) is 0 Å². The summed E-state index contributed by atoms with van der Waals surface area (Å²) in [6, 6.07) is 10.4. The number of hydrogen-bond acceptors (Lipinski definition) is 3. The van der Waals surface area contributed by atoms with Crippen LogP contribution in [0.15, 0.2) is 55.1 Å². The zero-order valence-electron chi connectivity index (χ0n) is 13.1. The van der Waals surface area contributed by atoms with Crippen LogP contribution < -0.4 is 4.74 Å². The van der Waals surface area contributed by atoms with Gasteiger partial charge in [-0.05, 0) is 60.7 Å². The van der Waals surface area contributed by atoms with E-state index in [9.17, 15) is 0 Å². The van der Waals surface area contributed by atoms with Crippen molar-refractivity contribution < 1.29 is 4.74 Å². The highest BCUT2D eigenvalue weighted by Gasteiger charge is 2.21. The van der Waals surface area contributed by atoms with E-state index in [-0.39, 0.29) is 6.10 Å². The summed E-state index contributed by atoms with van der Waals surface area (Å²) in [5, 5.41) is 2.33. The predicted molar refractivity (Wildman–Crippen MR) is 91.5 cm³/mol. The molecule has 3 aromatic rings. The monoisotopic (exact) mass is 307 g/mol. The van der Waals surface area contributed by atoms with E-state index >= 15 is 0 Å². The van der Waals surface area contributed by atoms with Crippen LogP contribution in [0, 0.1) is 0 Å². The summed E-state index contributed by atoms with van der Waals surface area (Å²) in [5.41, 5.74) is 1.34. The first-order valence-electron chi connectivity index (χ1n) is 8.21. The average Bonchev–Trinajstić information content (AvgIpc) is 3.08. The van der Waals surface area contributed by atoms with Gasteiger partial charge in [-0.3, -0.25) is 9.88 Å². The molecule has 0 bridgehead atoms. The van der Waals surface area contributed by atoms with Crippen molar-refractivity contribution in [2.24, 2.45) is 0 Å². The highest BCUT2D eigenvalue weighted by atomic mass is 16.5. The molecule has 1 N–H and O–H groups in total. The van der Waals surface area contributed by atoms with E-state index in [4.69, 9.17) is 4.74 Å². The lowest BCUT2D eigenvalue weighted by atomic mass is 10.1. The maximum atomic E-state index is 6.24. The van der Waals surface area contributed by atoms with Crippen LogP contribution >= 0.6 is 0 Å². The van der Waals surface area contributed by atoms with Gasteiger partial charge in [0.2, 0.25) is 0 Å². The van der Waals surface area contributed by atoms with Crippen molar-refractivity contribution in [2.45, 2.75) is 25.5 Å². The maximum Gasteiger partial charge on any atom is 0.120 e. The van der Waals surface area contributed by atoms with Gasteiger partial charge in [0.1, 0.15) is 11.9 Å². The first-order chi connectivity index (χ1) is 11.4. The molecule has 4 heteroatoms. The molecular weight excluding hydrogens is 286 g/mol. The van der Waals surface area contributed by atoms with Gasteiger partial charge in [0.25, 0.3) is 0 Å². The molecule has 0 amide bonds. The molecule has 0 saturated carbocycles. The summed E-state index contributed by atoms with van der Waals surface area (Å²) < 4.78 is 6.24. The highest BCUT2D eigenvalue weighted by Crippen LogP contribution is 2.23. The number of aromatic amines is 1. The van der Waals surface area contributed by atoms with E-state index in [1.807, 2.05) is 24.7 Å². The van der Waals surface area contributed by atoms with Gasteiger partial charge >= 0.3 is 0 Å². The Morgan fingerprint density at radius 3 is 3.13 bits per heavy atom. The summed E-state index contributed by atoms with van der Waals surface area (Å²) >= 11 is 0. The normalized spacial score (nSPS) is 19.0. The molecule has 4 rings (SSSR count). The number of H-pyrrole nitrogens is 1. The van der Waals surface area contributed by atoms with E-state index in [2.05, 4.69) is 45.3 Å². The van der Waals surface area contributed by atoms with E-state index in [1.54, 1.807) is 0 Å².